The molecule has 4 rings (SSSR count). The first-order valence-corrected chi connectivity index (χ1v) is 13.9. The molecule has 1 aromatic heterocycles. The number of hydrogen-bond donors (Lipinski definition) is 2. The summed E-state index contributed by atoms with van der Waals surface area (Å²) >= 11 is 0. The number of benzene rings is 1. The average Bonchev–Trinajstić information content (AvgIpc) is 2.85. The van der Waals surface area contributed by atoms with E-state index in [-0.39, 0.29) is 12.1 Å². The molecule has 1 unspecified atom stereocenters. The van der Waals surface area contributed by atoms with Crippen LogP contribution in [0.25, 0.3) is 0 Å². The molecule has 38 heavy (non-hydrogen) atoms. The number of likely N-dealkylation sites (N-methyl/N-ethyl adjacent to an activating group) is 1. The number of carboxylic acid groups (broad SMARTS) is 1. The van der Waals surface area contributed by atoms with Crippen molar-refractivity contribution in [3.8, 4) is 0 Å². The number of halogens is 1. The number of fused-ring (bicyclic) bond motifs is 1. The zero-order valence-corrected chi connectivity index (χ0v) is 22.9. The van der Waals surface area contributed by atoms with E-state index in [0.29, 0.717) is 31.2 Å². The monoisotopic (exact) mass is 527 g/mol. The van der Waals surface area contributed by atoms with Crippen LogP contribution >= 0.6 is 0 Å². The zero-order chi connectivity index (χ0) is 27.1. The normalized spacial score (nSPS) is 21.4. The summed E-state index contributed by atoms with van der Waals surface area (Å²) in [5, 5.41) is 13.5. The van der Waals surface area contributed by atoms with Crippen LogP contribution in [0.2, 0.25) is 0 Å². The van der Waals surface area contributed by atoms with Gasteiger partial charge in [0.15, 0.2) is 0 Å². The Morgan fingerprint density at radius 3 is 2.76 bits per heavy atom. The number of nitrogens with zero attached hydrogens (tertiary/aromatic N) is 2. The first-order chi connectivity index (χ1) is 18.4. The number of methoxy groups -OCH3 is 1. The minimum atomic E-state index is -0.962. The number of pyridine rings is 1. The highest BCUT2D eigenvalue weighted by molar-refractivity contribution is 5.76. The van der Waals surface area contributed by atoms with E-state index in [1.54, 1.807) is 13.2 Å². The summed E-state index contributed by atoms with van der Waals surface area (Å²) in [5.74, 6) is -0.334. The molecule has 0 amide bonds. The molecule has 2 heterocycles. The van der Waals surface area contributed by atoms with Gasteiger partial charge in [-0.15, -0.1) is 0 Å². The van der Waals surface area contributed by atoms with E-state index < -0.39 is 17.8 Å². The van der Waals surface area contributed by atoms with Crippen molar-refractivity contribution in [3.05, 3.63) is 58.5 Å². The van der Waals surface area contributed by atoms with Gasteiger partial charge in [0.05, 0.1) is 6.10 Å². The van der Waals surface area contributed by atoms with Crippen LogP contribution < -0.4 is 5.32 Å². The first-order valence-electron chi connectivity index (χ1n) is 13.9. The predicted molar refractivity (Wildman–Crippen MR) is 146 cm³/mol. The zero-order valence-electron chi connectivity index (χ0n) is 22.9. The maximum absolute atomic E-state index is 14.1. The lowest BCUT2D eigenvalue weighted by molar-refractivity contribution is -0.146. The van der Waals surface area contributed by atoms with Crippen LogP contribution in [0.4, 0.5) is 10.2 Å². The number of hydrogen-bond acceptors (Lipinski definition) is 6. The third kappa shape index (κ3) is 7.30. The summed E-state index contributed by atoms with van der Waals surface area (Å²) in [6.45, 7) is 3.46. The molecular weight excluding hydrogens is 485 g/mol. The van der Waals surface area contributed by atoms with Gasteiger partial charge in [-0.05, 0) is 107 Å². The Labute approximate surface area is 225 Å². The summed E-state index contributed by atoms with van der Waals surface area (Å²) < 4.78 is 25.3. The van der Waals surface area contributed by atoms with Gasteiger partial charge >= 0.3 is 5.97 Å². The van der Waals surface area contributed by atoms with E-state index in [1.165, 1.54) is 17.7 Å². The van der Waals surface area contributed by atoms with Crippen LogP contribution in [0, 0.1) is 5.82 Å². The fraction of sp³-hybridized carbons (Fsp3) is 0.600. The molecule has 2 aromatic rings. The van der Waals surface area contributed by atoms with Crippen LogP contribution in [-0.4, -0.2) is 66.5 Å². The molecule has 8 heteroatoms. The van der Waals surface area contributed by atoms with Gasteiger partial charge < -0.3 is 19.9 Å². The maximum atomic E-state index is 14.1. The molecule has 0 radical (unpaired) electrons. The molecule has 1 aromatic carbocycles. The summed E-state index contributed by atoms with van der Waals surface area (Å²) in [6, 6.07) is 8.50. The quantitative estimate of drug-likeness (QED) is 0.328. The summed E-state index contributed by atoms with van der Waals surface area (Å²) in [5.41, 5.74) is 3.81. The second-order valence-electron chi connectivity index (χ2n) is 10.8. The van der Waals surface area contributed by atoms with Crippen molar-refractivity contribution in [3.63, 3.8) is 0 Å². The highest BCUT2D eigenvalue weighted by Crippen LogP contribution is 2.35. The molecule has 1 fully saturated rings. The molecule has 208 valence electrons. The second-order valence-corrected chi connectivity index (χ2v) is 10.8. The van der Waals surface area contributed by atoms with Crippen LogP contribution in [0.3, 0.4) is 0 Å². The van der Waals surface area contributed by atoms with E-state index in [0.717, 1.165) is 68.4 Å². The van der Waals surface area contributed by atoms with Crippen LogP contribution in [0.5, 0.6) is 0 Å². The average molecular weight is 528 g/mol. The van der Waals surface area contributed by atoms with Gasteiger partial charge in [0.1, 0.15) is 17.7 Å². The molecule has 1 saturated carbocycles. The molecular formula is C30H42FN3O4. The SMILES string of the molecule is COCCCc1ccc(F)cc1C(C(=O)O)N(C)C1CC(OCCCCc2ccc3c(n2)N[C@@H](C)CC3)C1. The predicted octanol–water partition coefficient (Wildman–Crippen LogP) is 5.17. The van der Waals surface area contributed by atoms with E-state index in [2.05, 4.69) is 24.4 Å². The van der Waals surface area contributed by atoms with Gasteiger partial charge in [0.2, 0.25) is 0 Å². The smallest absolute Gasteiger partial charge is 0.325 e. The molecule has 1 aliphatic heterocycles. The van der Waals surface area contributed by atoms with Crippen LogP contribution in [-0.2, 0) is 33.5 Å². The fourth-order valence-electron chi connectivity index (χ4n) is 5.53. The van der Waals surface area contributed by atoms with Crippen LogP contribution in [0.15, 0.2) is 30.3 Å². The van der Waals surface area contributed by atoms with E-state index in [1.807, 2.05) is 11.9 Å². The van der Waals surface area contributed by atoms with E-state index in [9.17, 15) is 14.3 Å². The molecule has 0 bridgehead atoms. The lowest BCUT2D eigenvalue weighted by Gasteiger charge is -2.43. The van der Waals surface area contributed by atoms with Gasteiger partial charge in [-0.25, -0.2) is 9.37 Å². The number of nitrogens with one attached hydrogen (secondary N) is 1. The molecule has 2 aliphatic rings. The number of carboxylic acids is 1. The van der Waals surface area contributed by atoms with Crippen molar-refractivity contribution in [2.45, 2.75) is 88.9 Å². The summed E-state index contributed by atoms with van der Waals surface area (Å²) in [6.07, 6.45) is 8.26. The van der Waals surface area contributed by atoms with Crippen LogP contribution in [0.1, 0.15) is 73.9 Å². The highest BCUT2D eigenvalue weighted by atomic mass is 19.1. The van der Waals surface area contributed by atoms with Crippen molar-refractivity contribution in [2.24, 2.45) is 0 Å². The first kappa shape index (κ1) is 28.5. The summed E-state index contributed by atoms with van der Waals surface area (Å²) in [7, 11) is 3.46. The maximum Gasteiger partial charge on any atom is 0.325 e. The molecule has 7 nitrogen and oxygen atoms in total. The standard InChI is InChI=1S/C30H42FN3O4/c1-20-9-10-22-12-14-24(33-29(22)32-20)8-4-5-16-38-26-18-25(19-26)34(2)28(30(35)36)27-17-23(31)13-11-21(27)7-6-15-37-3/h11-14,17,20,25-26,28H,4-10,15-16,18-19H2,1-3H3,(H,32,33)(H,35,36)/t20-,25?,26?,28?/m0/s1. The number of ether oxygens (including phenoxy) is 2. The van der Waals surface area contributed by atoms with Crippen molar-refractivity contribution in [1.82, 2.24) is 9.88 Å². The molecule has 2 N–H and O–H groups in total. The van der Waals surface area contributed by atoms with Gasteiger partial charge in [-0.2, -0.15) is 0 Å². The molecule has 2 atom stereocenters. The Bertz CT molecular complexity index is 1080. The third-order valence-electron chi connectivity index (χ3n) is 7.93. The number of anilines is 1. The van der Waals surface area contributed by atoms with Crippen molar-refractivity contribution >= 4 is 11.8 Å². The molecule has 1 aliphatic carbocycles. The number of rotatable bonds is 14. The number of aliphatic carboxylic acids is 1. The number of carbonyl (C=O) groups is 1. The van der Waals surface area contributed by atoms with E-state index in [4.69, 9.17) is 14.5 Å². The van der Waals surface area contributed by atoms with Gasteiger partial charge in [-0.1, -0.05) is 12.1 Å². The second kappa shape index (κ2) is 13.5. The Balaban J connectivity index is 1.22. The van der Waals surface area contributed by atoms with Gasteiger partial charge in [-0.3, -0.25) is 9.69 Å². The van der Waals surface area contributed by atoms with Crippen molar-refractivity contribution in [2.75, 3.05) is 32.7 Å². The third-order valence-corrected chi connectivity index (χ3v) is 7.93. The largest absolute Gasteiger partial charge is 0.480 e. The Morgan fingerprint density at radius 2 is 2.00 bits per heavy atom. The van der Waals surface area contributed by atoms with Crippen molar-refractivity contribution < 1.29 is 23.8 Å². The number of aromatic nitrogens is 1. The van der Waals surface area contributed by atoms with Gasteiger partial charge in [0.25, 0.3) is 0 Å². The lowest BCUT2D eigenvalue weighted by Crippen LogP contribution is -2.49. The topological polar surface area (TPSA) is 83.9 Å². The van der Waals surface area contributed by atoms with Gasteiger partial charge in [0, 0.05) is 38.1 Å². The van der Waals surface area contributed by atoms with E-state index >= 15 is 0 Å². The minimum absolute atomic E-state index is 0.0887. The Kier molecular flexibility index (Phi) is 10.1. The number of aryl methyl sites for hydroxylation is 3. The number of unbranched alkanes of at least 4 members (excludes halogenated alkanes) is 1. The highest BCUT2D eigenvalue weighted by Gasteiger charge is 2.39. The molecule has 0 spiro atoms. The fourth-order valence-corrected chi connectivity index (χ4v) is 5.53. The Hall–Kier alpha value is -2.55. The summed E-state index contributed by atoms with van der Waals surface area (Å²) in [4.78, 5) is 19.0. The van der Waals surface area contributed by atoms with Crippen molar-refractivity contribution in [1.29, 1.82) is 0 Å². The Morgan fingerprint density at radius 1 is 1.18 bits per heavy atom. The lowest BCUT2D eigenvalue weighted by atomic mass is 9.85. The molecule has 0 saturated heterocycles. The minimum Gasteiger partial charge on any atom is -0.480 e.